The summed E-state index contributed by atoms with van der Waals surface area (Å²) in [6.45, 7) is 4.59. The Morgan fingerprint density at radius 2 is 1.80 bits per heavy atom. The summed E-state index contributed by atoms with van der Waals surface area (Å²) < 4.78 is 65.2. The molecule has 0 radical (unpaired) electrons. The van der Waals surface area contributed by atoms with Gasteiger partial charge in [-0.25, -0.2) is 22.2 Å². The predicted molar refractivity (Wildman–Crippen MR) is 163 cm³/mol. The van der Waals surface area contributed by atoms with E-state index in [1.165, 1.54) is 17.4 Å². The molecule has 1 fully saturated rings. The molecule has 0 atom stereocenters. The first-order chi connectivity index (χ1) is 21.3. The molecule has 2 aromatic carbocycles. The number of carbonyl (C=O) groups is 2. The molecule has 1 aliphatic heterocycles. The van der Waals surface area contributed by atoms with Crippen LogP contribution in [0.25, 0.3) is 11.3 Å². The third-order valence-electron chi connectivity index (χ3n) is 8.51. The Morgan fingerprint density at radius 1 is 1.13 bits per heavy atom. The Hall–Kier alpha value is -3.46. The highest BCUT2D eigenvalue weighted by Crippen LogP contribution is 2.41. The minimum absolute atomic E-state index is 0.00633. The number of rotatable bonds is 12. The lowest BCUT2D eigenvalue weighted by atomic mass is 9.80. The van der Waals surface area contributed by atoms with Gasteiger partial charge in [0, 0.05) is 23.6 Å². The van der Waals surface area contributed by atoms with Crippen molar-refractivity contribution in [3.05, 3.63) is 63.5 Å². The number of thiazole rings is 1. The maximum absolute atomic E-state index is 13.8. The monoisotopic (exact) mass is 664 g/mol. The second kappa shape index (κ2) is 13.1. The number of amides is 1. The van der Waals surface area contributed by atoms with Gasteiger partial charge in [-0.2, -0.15) is 0 Å². The number of ether oxygens (including phenoxy) is 2. The minimum Gasteiger partial charge on any atom is -0.492 e. The molecular formula is C31H36F2N3O7S2+. The molecule has 2 aliphatic rings. The van der Waals surface area contributed by atoms with Gasteiger partial charge in [0.05, 0.1) is 57.5 Å². The van der Waals surface area contributed by atoms with Gasteiger partial charge < -0.3 is 24.4 Å². The van der Waals surface area contributed by atoms with Crippen molar-refractivity contribution in [2.45, 2.75) is 37.1 Å². The molecule has 10 nitrogen and oxygen atoms in total. The van der Waals surface area contributed by atoms with E-state index in [4.69, 9.17) is 9.47 Å². The smallest absolute Gasteiger partial charge is 0.304 e. The molecule has 1 amide bonds. The van der Waals surface area contributed by atoms with Gasteiger partial charge in [-0.15, -0.1) is 11.3 Å². The van der Waals surface area contributed by atoms with Crippen LogP contribution in [-0.2, 0) is 43.5 Å². The number of sulfone groups is 1. The van der Waals surface area contributed by atoms with Crippen molar-refractivity contribution in [2.24, 2.45) is 5.41 Å². The fourth-order valence-corrected chi connectivity index (χ4v) is 7.56. The number of carbonyl (C=O) groups excluding carboxylic acids is 1. The van der Waals surface area contributed by atoms with Crippen LogP contribution in [0.3, 0.4) is 0 Å². The molecule has 2 N–H and O–H groups in total. The highest BCUT2D eigenvalue weighted by atomic mass is 32.2. The number of quaternary nitrogens is 1. The zero-order valence-corrected chi connectivity index (χ0v) is 26.7. The van der Waals surface area contributed by atoms with Crippen LogP contribution < -0.4 is 10.1 Å². The second-order valence-corrected chi connectivity index (χ2v) is 15.0. The Kier molecular flexibility index (Phi) is 9.59. The highest BCUT2D eigenvalue weighted by molar-refractivity contribution is 7.90. The molecule has 2 heterocycles. The normalized spacial score (nSPS) is 17.1. The standard InChI is InChI=1S/C31H35F2N3O7S2/c1-36(7-10-42-11-8-36)6-3-9-43-26-5-4-20(14-27(26)45(2,40)41)25-19-44-28(35-25)18-34-30(39)31(17-29(37)38)15-21-12-23(32)24(33)13-22(21)16-31/h4-5,12-14,19H,3,6-11,15-18H2,1-2H3,(H-,34,37,38,39)/p+1. The van der Waals surface area contributed by atoms with E-state index in [1.807, 2.05) is 0 Å². The number of carboxylic acid groups (broad SMARTS) is 1. The molecule has 242 valence electrons. The van der Waals surface area contributed by atoms with Gasteiger partial charge in [0.2, 0.25) is 5.91 Å². The summed E-state index contributed by atoms with van der Waals surface area (Å²) in [4.78, 5) is 29.6. The number of aromatic nitrogens is 1. The molecule has 1 saturated heterocycles. The van der Waals surface area contributed by atoms with E-state index in [0.29, 0.717) is 34.0 Å². The molecule has 3 aromatic rings. The van der Waals surface area contributed by atoms with E-state index in [-0.39, 0.29) is 30.0 Å². The lowest BCUT2D eigenvalue weighted by Crippen LogP contribution is -2.52. The maximum Gasteiger partial charge on any atom is 0.304 e. The third-order valence-corrected chi connectivity index (χ3v) is 10.5. The number of hydrogen-bond donors (Lipinski definition) is 2. The number of morpholine rings is 1. The van der Waals surface area contributed by atoms with Crippen molar-refractivity contribution in [1.29, 1.82) is 0 Å². The number of fused-ring (bicyclic) bond motifs is 1. The van der Waals surface area contributed by atoms with E-state index in [9.17, 15) is 31.9 Å². The van der Waals surface area contributed by atoms with Gasteiger partial charge >= 0.3 is 5.97 Å². The summed E-state index contributed by atoms with van der Waals surface area (Å²) in [6.07, 6.45) is 1.32. The first kappa shape index (κ1) is 32.9. The van der Waals surface area contributed by atoms with E-state index in [0.717, 1.165) is 62.1 Å². The molecular weight excluding hydrogens is 628 g/mol. The van der Waals surface area contributed by atoms with Gasteiger partial charge in [0.1, 0.15) is 28.7 Å². The van der Waals surface area contributed by atoms with Crippen molar-refractivity contribution in [3.63, 3.8) is 0 Å². The van der Waals surface area contributed by atoms with Crippen LogP contribution in [0.15, 0.2) is 40.6 Å². The summed E-state index contributed by atoms with van der Waals surface area (Å²) in [5.74, 6) is -3.57. The van der Waals surface area contributed by atoms with E-state index in [1.54, 1.807) is 17.5 Å². The Labute approximate surface area is 264 Å². The summed E-state index contributed by atoms with van der Waals surface area (Å²) in [5.41, 5.74) is 0.481. The van der Waals surface area contributed by atoms with Crippen LogP contribution in [0, 0.1) is 17.0 Å². The van der Waals surface area contributed by atoms with Crippen LogP contribution in [-0.4, -0.2) is 87.6 Å². The van der Waals surface area contributed by atoms with Gasteiger partial charge in [-0.1, -0.05) is 0 Å². The predicted octanol–water partition coefficient (Wildman–Crippen LogP) is 3.61. The lowest BCUT2D eigenvalue weighted by Gasteiger charge is -2.37. The number of halogens is 2. The molecule has 14 heteroatoms. The van der Waals surface area contributed by atoms with Gasteiger partial charge in [0.25, 0.3) is 0 Å². The molecule has 0 spiro atoms. The van der Waals surface area contributed by atoms with Crippen LogP contribution in [0.5, 0.6) is 5.75 Å². The van der Waals surface area contributed by atoms with Crippen molar-refractivity contribution >= 4 is 33.1 Å². The summed E-state index contributed by atoms with van der Waals surface area (Å²) in [6, 6.07) is 6.91. The van der Waals surface area contributed by atoms with E-state index in [2.05, 4.69) is 17.3 Å². The van der Waals surface area contributed by atoms with Crippen LogP contribution >= 0.6 is 11.3 Å². The van der Waals surface area contributed by atoms with E-state index >= 15 is 0 Å². The number of benzene rings is 2. The van der Waals surface area contributed by atoms with Crippen LogP contribution in [0.1, 0.15) is 29.0 Å². The number of nitrogens with one attached hydrogen (secondary N) is 1. The number of likely N-dealkylation sites (N-methyl/N-ethyl adjacent to an activating group) is 1. The molecule has 45 heavy (non-hydrogen) atoms. The molecule has 0 unspecified atom stereocenters. The van der Waals surface area contributed by atoms with Crippen LogP contribution in [0.2, 0.25) is 0 Å². The minimum atomic E-state index is -3.62. The van der Waals surface area contributed by atoms with Crippen molar-refractivity contribution < 1.29 is 45.9 Å². The van der Waals surface area contributed by atoms with Gasteiger partial charge in [-0.05, 0) is 54.3 Å². The SMILES string of the molecule is C[N+]1(CCCOc2ccc(-c3csc(CNC(=O)C4(CC(=O)O)Cc5cc(F)c(F)cc5C4)n3)cc2S(C)(=O)=O)CCOCC1. The van der Waals surface area contributed by atoms with Crippen molar-refractivity contribution in [2.75, 3.05) is 52.8 Å². The fraction of sp³-hybridized carbons (Fsp3) is 0.452. The van der Waals surface area contributed by atoms with Crippen LogP contribution in [0.4, 0.5) is 8.78 Å². The average Bonchev–Trinajstić information content (AvgIpc) is 3.59. The first-order valence-electron chi connectivity index (χ1n) is 14.6. The quantitative estimate of drug-likeness (QED) is 0.222. The number of carboxylic acids is 1. The molecule has 5 rings (SSSR count). The summed E-state index contributed by atoms with van der Waals surface area (Å²) >= 11 is 1.25. The van der Waals surface area contributed by atoms with E-state index < -0.39 is 45.2 Å². The van der Waals surface area contributed by atoms with Gasteiger partial charge in [-0.3, -0.25) is 9.59 Å². The first-order valence-corrected chi connectivity index (χ1v) is 17.3. The average molecular weight is 665 g/mol. The number of aliphatic carboxylic acids is 1. The third kappa shape index (κ3) is 7.68. The number of nitrogens with zero attached hydrogens (tertiary/aromatic N) is 2. The Morgan fingerprint density at radius 3 is 2.42 bits per heavy atom. The molecule has 1 aromatic heterocycles. The molecule has 1 aliphatic carbocycles. The Balaban J connectivity index is 1.24. The lowest BCUT2D eigenvalue weighted by molar-refractivity contribution is -0.917. The fourth-order valence-electron chi connectivity index (χ4n) is 5.99. The topological polar surface area (TPSA) is 132 Å². The van der Waals surface area contributed by atoms with Crippen molar-refractivity contribution in [3.8, 4) is 17.0 Å². The van der Waals surface area contributed by atoms with Gasteiger partial charge in [0.15, 0.2) is 21.5 Å². The summed E-state index contributed by atoms with van der Waals surface area (Å²) in [7, 11) is -1.44. The maximum atomic E-state index is 13.8. The molecule has 0 bridgehead atoms. The molecule has 0 saturated carbocycles. The zero-order chi connectivity index (χ0) is 32.4. The van der Waals surface area contributed by atoms with Crippen molar-refractivity contribution in [1.82, 2.24) is 10.3 Å². The second-order valence-electron chi connectivity index (χ2n) is 12.1. The number of hydrogen-bond acceptors (Lipinski definition) is 8. The zero-order valence-electron chi connectivity index (χ0n) is 25.1. The largest absolute Gasteiger partial charge is 0.492 e. The highest BCUT2D eigenvalue weighted by Gasteiger charge is 2.46. The Bertz CT molecular complexity index is 1670. The summed E-state index contributed by atoms with van der Waals surface area (Å²) in [5, 5.41) is 14.5.